The lowest BCUT2D eigenvalue weighted by molar-refractivity contribution is 0.0962. The van der Waals surface area contributed by atoms with Gasteiger partial charge in [-0.3, -0.25) is 20.6 Å². The van der Waals surface area contributed by atoms with Crippen molar-refractivity contribution in [2.45, 2.75) is 0 Å². The Hall–Kier alpha value is -3.51. The van der Waals surface area contributed by atoms with Crippen LogP contribution in [0.25, 0.3) is 22.2 Å². The Morgan fingerprint density at radius 1 is 0.926 bits per heavy atom. The Balaban J connectivity index is 1.69. The molecule has 0 fully saturated rings. The van der Waals surface area contributed by atoms with Crippen LogP contribution in [0.5, 0.6) is 0 Å². The van der Waals surface area contributed by atoms with Gasteiger partial charge in [0.05, 0.1) is 11.2 Å². The van der Waals surface area contributed by atoms with Crippen molar-refractivity contribution < 1.29 is 4.79 Å². The quantitative estimate of drug-likeness (QED) is 0.525. The summed E-state index contributed by atoms with van der Waals surface area (Å²) in [7, 11) is 0. The number of halogens is 1. The lowest BCUT2D eigenvalue weighted by Crippen LogP contribution is -2.30. The molecule has 0 saturated carbocycles. The molecule has 2 aromatic carbocycles. The van der Waals surface area contributed by atoms with Crippen molar-refractivity contribution >= 4 is 34.4 Å². The zero-order chi connectivity index (χ0) is 18.6. The molecule has 4 rings (SSSR count). The van der Waals surface area contributed by atoms with Gasteiger partial charge in [0.25, 0.3) is 5.91 Å². The van der Waals surface area contributed by atoms with Gasteiger partial charge in [-0.05, 0) is 30.3 Å². The third-order valence-corrected chi connectivity index (χ3v) is 4.17. The molecular formula is C20H14ClN5O. The summed E-state index contributed by atoms with van der Waals surface area (Å²) < 4.78 is 0. The van der Waals surface area contributed by atoms with Crippen LogP contribution < -0.4 is 10.9 Å². The number of aromatic nitrogens is 3. The van der Waals surface area contributed by atoms with E-state index < -0.39 is 0 Å². The second-order valence-electron chi connectivity index (χ2n) is 5.74. The fourth-order valence-corrected chi connectivity index (χ4v) is 2.83. The molecule has 0 saturated heterocycles. The van der Waals surface area contributed by atoms with E-state index in [0.717, 1.165) is 16.6 Å². The molecule has 0 unspecified atom stereocenters. The summed E-state index contributed by atoms with van der Waals surface area (Å²) in [6.45, 7) is 0. The number of hydrazine groups is 1. The minimum Gasteiger partial charge on any atom is -0.267 e. The van der Waals surface area contributed by atoms with Crippen LogP contribution in [0.1, 0.15) is 10.4 Å². The summed E-state index contributed by atoms with van der Waals surface area (Å²) in [5.41, 5.74) is 8.24. The van der Waals surface area contributed by atoms with Gasteiger partial charge in [0.2, 0.25) is 5.95 Å². The second kappa shape index (κ2) is 7.39. The molecule has 0 bridgehead atoms. The lowest BCUT2D eigenvalue weighted by Gasteiger charge is -2.11. The van der Waals surface area contributed by atoms with Gasteiger partial charge in [0.1, 0.15) is 0 Å². The Kier molecular flexibility index (Phi) is 4.63. The number of fused-ring (bicyclic) bond motifs is 1. The van der Waals surface area contributed by atoms with E-state index in [1.807, 2.05) is 42.5 Å². The number of amides is 1. The summed E-state index contributed by atoms with van der Waals surface area (Å²) >= 11 is 6.16. The van der Waals surface area contributed by atoms with E-state index in [1.165, 1.54) is 0 Å². The molecule has 2 heterocycles. The van der Waals surface area contributed by atoms with Gasteiger partial charge < -0.3 is 0 Å². The number of hydrogen-bond donors (Lipinski definition) is 2. The Morgan fingerprint density at radius 3 is 2.48 bits per heavy atom. The van der Waals surface area contributed by atoms with E-state index in [-0.39, 0.29) is 11.9 Å². The number of anilines is 1. The smallest absolute Gasteiger partial charge is 0.267 e. The minimum absolute atomic E-state index is 0.283. The fraction of sp³-hybridized carbons (Fsp3) is 0. The zero-order valence-electron chi connectivity index (χ0n) is 14.1. The van der Waals surface area contributed by atoms with Crippen LogP contribution in [-0.2, 0) is 0 Å². The van der Waals surface area contributed by atoms with Crippen LogP contribution in [0.3, 0.4) is 0 Å². The fourth-order valence-electron chi connectivity index (χ4n) is 2.66. The molecule has 1 amide bonds. The summed E-state index contributed by atoms with van der Waals surface area (Å²) in [4.78, 5) is 25.1. The van der Waals surface area contributed by atoms with Crippen molar-refractivity contribution in [1.82, 2.24) is 20.4 Å². The monoisotopic (exact) mass is 375 g/mol. The predicted octanol–water partition coefficient (Wildman–Crippen LogP) is 4.10. The molecule has 0 aliphatic carbocycles. The maximum atomic E-state index is 12.2. The normalized spacial score (nSPS) is 10.6. The summed E-state index contributed by atoms with van der Waals surface area (Å²) in [6, 6.07) is 18.4. The summed E-state index contributed by atoms with van der Waals surface area (Å²) in [6.07, 6.45) is 3.11. The van der Waals surface area contributed by atoms with Gasteiger partial charge >= 0.3 is 0 Å². The molecule has 0 atom stereocenters. The van der Waals surface area contributed by atoms with E-state index >= 15 is 0 Å². The average molecular weight is 376 g/mol. The van der Waals surface area contributed by atoms with Crippen LogP contribution in [0, 0.1) is 0 Å². The van der Waals surface area contributed by atoms with Gasteiger partial charge in [-0.25, -0.2) is 9.97 Å². The maximum absolute atomic E-state index is 12.2. The first-order valence-corrected chi connectivity index (χ1v) is 8.57. The van der Waals surface area contributed by atoms with E-state index in [2.05, 4.69) is 25.8 Å². The number of nitrogens with one attached hydrogen (secondary N) is 2. The molecule has 6 nitrogen and oxygen atoms in total. The minimum atomic E-state index is -0.307. The predicted molar refractivity (Wildman–Crippen MR) is 105 cm³/mol. The van der Waals surface area contributed by atoms with E-state index in [4.69, 9.17) is 11.6 Å². The van der Waals surface area contributed by atoms with Crippen LogP contribution >= 0.6 is 11.6 Å². The highest BCUT2D eigenvalue weighted by Crippen LogP contribution is 2.29. The number of carbonyl (C=O) groups is 1. The molecule has 0 aliphatic heterocycles. The van der Waals surface area contributed by atoms with Gasteiger partial charge in [0, 0.05) is 33.9 Å². The van der Waals surface area contributed by atoms with Crippen LogP contribution in [0.4, 0.5) is 5.95 Å². The van der Waals surface area contributed by atoms with Crippen LogP contribution in [0.15, 0.2) is 73.1 Å². The van der Waals surface area contributed by atoms with E-state index in [9.17, 15) is 4.79 Å². The van der Waals surface area contributed by atoms with Crippen molar-refractivity contribution in [3.63, 3.8) is 0 Å². The summed E-state index contributed by atoms with van der Waals surface area (Å²) in [5, 5.41) is 1.44. The topological polar surface area (TPSA) is 79.8 Å². The highest BCUT2D eigenvalue weighted by atomic mass is 35.5. The maximum Gasteiger partial charge on any atom is 0.269 e. The summed E-state index contributed by atoms with van der Waals surface area (Å²) in [5.74, 6) is -0.0236. The molecule has 0 radical (unpaired) electrons. The molecule has 132 valence electrons. The highest BCUT2D eigenvalue weighted by Gasteiger charge is 2.11. The second-order valence-corrected chi connectivity index (χ2v) is 6.17. The molecule has 4 aromatic rings. The SMILES string of the molecule is O=C(NNc1nc(-c2ccccc2)c2cc(Cl)ccc2n1)c1ccncc1. The first-order chi connectivity index (χ1) is 13.2. The molecular weight excluding hydrogens is 362 g/mol. The third-order valence-electron chi connectivity index (χ3n) is 3.94. The molecule has 27 heavy (non-hydrogen) atoms. The van der Waals surface area contributed by atoms with Gasteiger partial charge in [-0.1, -0.05) is 41.9 Å². The Morgan fingerprint density at radius 2 is 1.70 bits per heavy atom. The third kappa shape index (κ3) is 3.70. The van der Waals surface area contributed by atoms with Crippen molar-refractivity contribution in [3.8, 4) is 11.3 Å². The van der Waals surface area contributed by atoms with Gasteiger partial charge in [-0.15, -0.1) is 0 Å². The Bertz CT molecular complexity index is 1100. The van der Waals surface area contributed by atoms with Gasteiger partial charge in [0.15, 0.2) is 0 Å². The largest absolute Gasteiger partial charge is 0.269 e. The first kappa shape index (κ1) is 16.9. The van der Waals surface area contributed by atoms with Crippen LogP contribution in [-0.4, -0.2) is 20.9 Å². The van der Waals surface area contributed by atoms with Crippen molar-refractivity contribution in [2.75, 3.05) is 5.43 Å². The average Bonchev–Trinajstić information content (AvgIpc) is 2.73. The molecule has 2 N–H and O–H groups in total. The molecule has 7 heteroatoms. The number of pyridine rings is 1. The number of nitrogens with zero attached hydrogens (tertiary/aromatic N) is 3. The van der Waals surface area contributed by atoms with Crippen molar-refractivity contribution in [3.05, 3.63) is 83.6 Å². The van der Waals surface area contributed by atoms with E-state index in [1.54, 1.807) is 30.6 Å². The lowest BCUT2D eigenvalue weighted by atomic mass is 10.1. The van der Waals surface area contributed by atoms with Crippen LogP contribution in [0.2, 0.25) is 5.02 Å². The Labute approximate surface area is 160 Å². The standard InChI is InChI=1S/C20H14ClN5O/c21-15-6-7-17-16(12-15)18(13-4-2-1-3-5-13)24-20(23-17)26-25-19(27)14-8-10-22-11-9-14/h1-12H,(H,25,27)(H,23,24,26). The molecule has 0 spiro atoms. The number of hydrogen-bond acceptors (Lipinski definition) is 5. The van der Waals surface area contributed by atoms with Crippen molar-refractivity contribution in [2.24, 2.45) is 0 Å². The highest BCUT2D eigenvalue weighted by molar-refractivity contribution is 6.31. The number of rotatable bonds is 4. The van der Waals surface area contributed by atoms with E-state index in [0.29, 0.717) is 16.1 Å². The van der Waals surface area contributed by atoms with Crippen molar-refractivity contribution in [1.29, 1.82) is 0 Å². The zero-order valence-corrected chi connectivity index (χ0v) is 14.8. The van der Waals surface area contributed by atoms with Gasteiger partial charge in [-0.2, -0.15) is 0 Å². The first-order valence-electron chi connectivity index (χ1n) is 8.20. The number of carbonyl (C=O) groups excluding carboxylic acids is 1. The number of benzene rings is 2. The molecule has 0 aliphatic rings. The molecule has 2 aromatic heterocycles.